The average Bonchev–Trinajstić information content (AvgIpc) is 1.94. The average molecular weight is 158 g/mol. The van der Waals surface area contributed by atoms with Crippen LogP contribution < -0.4 is 0 Å². The summed E-state index contributed by atoms with van der Waals surface area (Å²) in [5.41, 5.74) is 1.01. The van der Waals surface area contributed by atoms with Gasteiger partial charge in [-0.15, -0.1) is 0 Å². The summed E-state index contributed by atoms with van der Waals surface area (Å²) in [5.74, 6) is -0.465. The SMILES string of the molecule is CC1(C)OCC(=CCO)CO1. The van der Waals surface area contributed by atoms with E-state index in [0.717, 1.165) is 5.57 Å². The first-order valence-corrected chi connectivity index (χ1v) is 3.71. The summed E-state index contributed by atoms with van der Waals surface area (Å²) < 4.78 is 10.7. The molecule has 1 aliphatic heterocycles. The highest BCUT2D eigenvalue weighted by atomic mass is 16.7. The molecule has 0 atom stereocenters. The zero-order chi connectivity index (χ0) is 8.32. The van der Waals surface area contributed by atoms with Crippen molar-refractivity contribution in [3.63, 3.8) is 0 Å². The van der Waals surface area contributed by atoms with E-state index in [-0.39, 0.29) is 6.61 Å². The molecule has 1 aliphatic rings. The van der Waals surface area contributed by atoms with Gasteiger partial charge in [-0.2, -0.15) is 0 Å². The van der Waals surface area contributed by atoms with E-state index in [4.69, 9.17) is 14.6 Å². The molecule has 0 saturated carbocycles. The van der Waals surface area contributed by atoms with Gasteiger partial charge in [-0.25, -0.2) is 0 Å². The van der Waals surface area contributed by atoms with Crippen LogP contribution in [-0.4, -0.2) is 30.7 Å². The predicted molar refractivity (Wildman–Crippen MR) is 41.2 cm³/mol. The standard InChI is InChI=1S/C8H14O3/c1-8(2)10-5-7(3-4-9)6-11-8/h3,9H,4-6H2,1-2H3. The Morgan fingerprint density at radius 2 is 2.00 bits per heavy atom. The molecule has 0 radical (unpaired) electrons. The Morgan fingerprint density at radius 1 is 1.45 bits per heavy atom. The second kappa shape index (κ2) is 3.34. The molecule has 0 amide bonds. The van der Waals surface area contributed by atoms with Crippen molar-refractivity contribution in [2.75, 3.05) is 19.8 Å². The molecule has 1 heterocycles. The van der Waals surface area contributed by atoms with Gasteiger partial charge < -0.3 is 14.6 Å². The Labute approximate surface area is 66.6 Å². The molecule has 0 aliphatic carbocycles. The van der Waals surface area contributed by atoms with Gasteiger partial charge in [0.05, 0.1) is 19.8 Å². The molecule has 0 aromatic rings. The number of aliphatic hydroxyl groups is 1. The number of ether oxygens (including phenoxy) is 2. The van der Waals surface area contributed by atoms with Crippen molar-refractivity contribution in [1.29, 1.82) is 0 Å². The van der Waals surface area contributed by atoms with E-state index in [2.05, 4.69) is 0 Å². The summed E-state index contributed by atoms with van der Waals surface area (Å²) in [6.07, 6.45) is 1.72. The lowest BCUT2D eigenvalue weighted by Gasteiger charge is -2.31. The lowest BCUT2D eigenvalue weighted by Crippen LogP contribution is -2.35. The van der Waals surface area contributed by atoms with Gasteiger partial charge in [-0.1, -0.05) is 6.08 Å². The molecule has 64 valence electrons. The van der Waals surface area contributed by atoms with Crippen molar-refractivity contribution in [2.45, 2.75) is 19.6 Å². The van der Waals surface area contributed by atoms with Crippen LogP contribution in [-0.2, 0) is 9.47 Å². The van der Waals surface area contributed by atoms with Crippen molar-refractivity contribution in [3.8, 4) is 0 Å². The van der Waals surface area contributed by atoms with Crippen LogP contribution in [0.3, 0.4) is 0 Å². The molecule has 3 nitrogen and oxygen atoms in total. The van der Waals surface area contributed by atoms with Crippen LogP contribution >= 0.6 is 0 Å². The van der Waals surface area contributed by atoms with Gasteiger partial charge >= 0.3 is 0 Å². The molecule has 0 bridgehead atoms. The maximum atomic E-state index is 8.56. The maximum absolute atomic E-state index is 8.56. The monoisotopic (exact) mass is 158 g/mol. The van der Waals surface area contributed by atoms with Gasteiger partial charge in [0.25, 0.3) is 0 Å². The largest absolute Gasteiger partial charge is 0.392 e. The Kier molecular flexibility index (Phi) is 2.65. The minimum Gasteiger partial charge on any atom is -0.392 e. The molecule has 0 spiro atoms. The first-order valence-electron chi connectivity index (χ1n) is 3.71. The molecule has 11 heavy (non-hydrogen) atoms. The van der Waals surface area contributed by atoms with Crippen LogP contribution in [0.1, 0.15) is 13.8 Å². The van der Waals surface area contributed by atoms with Gasteiger partial charge in [0.2, 0.25) is 0 Å². The minimum atomic E-state index is -0.465. The molecule has 1 N–H and O–H groups in total. The molecular weight excluding hydrogens is 144 g/mol. The number of rotatable bonds is 1. The molecule has 0 unspecified atom stereocenters. The lowest BCUT2D eigenvalue weighted by atomic mass is 10.2. The fourth-order valence-corrected chi connectivity index (χ4v) is 0.863. The highest BCUT2D eigenvalue weighted by Gasteiger charge is 2.24. The minimum absolute atomic E-state index is 0.0580. The quantitative estimate of drug-likeness (QED) is 0.570. The summed E-state index contributed by atoms with van der Waals surface area (Å²) in [4.78, 5) is 0. The van der Waals surface area contributed by atoms with Crippen LogP contribution in [0.4, 0.5) is 0 Å². The van der Waals surface area contributed by atoms with Crippen molar-refractivity contribution >= 4 is 0 Å². The van der Waals surface area contributed by atoms with Gasteiger partial charge in [0.1, 0.15) is 0 Å². The van der Waals surface area contributed by atoms with Crippen LogP contribution in [0.25, 0.3) is 0 Å². The van der Waals surface area contributed by atoms with Crippen molar-refractivity contribution in [3.05, 3.63) is 11.6 Å². The Balaban J connectivity index is 2.42. The van der Waals surface area contributed by atoms with E-state index in [0.29, 0.717) is 13.2 Å². The predicted octanol–water partition coefficient (Wildman–Crippen LogP) is 0.688. The zero-order valence-corrected chi connectivity index (χ0v) is 6.96. The summed E-state index contributed by atoms with van der Waals surface area (Å²) in [7, 11) is 0. The summed E-state index contributed by atoms with van der Waals surface area (Å²) in [6.45, 7) is 4.94. The smallest absolute Gasteiger partial charge is 0.163 e. The number of aliphatic hydroxyl groups excluding tert-OH is 1. The van der Waals surface area contributed by atoms with E-state index < -0.39 is 5.79 Å². The van der Waals surface area contributed by atoms with E-state index >= 15 is 0 Å². The molecule has 1 rings (SSSR count). The molecule has 1 fully saturated rings. The van der Waals surface area contributed by atoms with Crippen molar-refractivity contribution in [1.82, 2.24) is 0 Å². The second-order valence-corrected chi connectivity index (χ2v) is 3.02. The number of hydrogen-bond donors (Lipinski definition) is 1. The van der Waals surface area contributed by atoms with Crippen LogP contribution in [0.5, 0.6) is 0 Å². The molecular formula is C8H14O3. The Bertz CT molecular complexity index is 149. The van der Waals surface area contributed by atoms with Crippen LogP contribution in [0.15, 0.2) is 11.6 Å². The van der Waals surface area contributed by atoms with Gasteiger partial charge in [0.15, 0.2) is 5.79 Å². The van der Waals surface area contributed by atoms with Crippen molar-refractivity contribution in [2.24, 2.45) is 0 Å². The maximum Gasteiger partial charge on any atom is 0.163 e. The second-order valence-electron chi connectivity index (χ2n) is 3.02. The first-order chi connectivity index (χ1) is 5.14. The molecule has 1 saturated heterocycles. The highest BCUT2D eigenvalue weighted by Crippen LogP contribution is 2.19. The van der Waals surface area contributed by atoms with E-state index in [9.17, 15) is 0 Å². The van der Waals surface area contributed by atoms with Crippen LogP contribution in [0, 0.1) is 0 Å². The first kappa shape index (κ1) is 8.71. The van der Waals surface area contributed by atoms with E-state index in [1.807, 2.05) is 13.8 Å². The summed E-state index contributed by atoms with van der Waals surface area (Å²) in [5, 5.41) is 8.56. The third-order valence-corrected chi connectivity index (χ3v) is 1.59. The van der Waals surface area contributed by atoms with E-state index in [1.165, 1.54) is 0 Å². The fraction of sp³-hybridized carbons (Fsp3) is 0.750. The highest BCUT2D eigenvalue weighted by molar-refractivity contribution is 5.04. The fourth-order valence-electron chi connectivity index (χ4n) is 0.863. The topological polar surface area (TPSA) is 38.7 Å². The van der Waals surface area contributed by atoms with Gasteiger partial charge in [-0.05, 0) is 19.4 Å². The normalized spacial score (nSPS) is 23.4. The lowest BCUT2D eigenvalue weighted by molar-refractivity contribution is -0.225. The zero-order valence-electron chi connectivity index (χ0n) is 6.96. The molecule has 3 heteroatoms. The third kappa shape index (κ3) is 2.61. The van der Waals surface area contributed by atoms with Crippen LogP contribution in [0.2, 0.25) is 0 Å². The Hall–Kier alpha value is -0.380. The summed E-state index contributed by atoms with van der Waals surface area (Å²) in [6, 6.07) is 0. The van der Waals surface area contributed by atoms with Gasteiger partial charge in [0, 0.05) is 0 Å². The Morgan fingerprint density at radius 3 is 2.45 bits per heavy atom. The summed E-state index contributed by atoms with van der Waals surface area (Å²) >= 11 is 0. The third-order valence-electron chi connectivity index (χ3n) is 1.59. The van der Waals surface area contributed by atoms with Crippen molar-refractivity contribution < 1.29 is 14.6 Å². The number of hydrogen-bond acceptors (Lipinski definition) is 3. The van der Waals surface area contributed by atoms with E-state index in [1.54, 1.807) is 6.08 Å². The molecule has 0 aromatic heterocycles. The molecule has 0 aromatic carbocycles. The van der Waals surface area contributed by atoms with Gasteiger partial charge in [-0.3, -0.25) is 0 Å².